The van der Waals surface area contributed by atoms with Crippen LogP contribution in [0.15, 0.2) is 82.8 Å². The Labute approximate surface area is 149 Å². The van der Waals surface area contributed by atoms with Gasteiger partial charge in [-0.15, -0.1) is 0 Å². The molecule has 2 aromatic carbocycles. The molecule has 0 spiro atoms. The van der Waals surface area contributed by atoms with Crippen molar-refractivity contribution in [2.45, 2.75) is 11.1 Å². The van der Waals surface area contributed by atoms with E-state index < -0.39 is 26.7 Å². The van der Waals surface area contributed by atoms with Gasteiger partial charge in [0.1, 0.15) is 4.90 Å². The number of rotatable bonds is 6. The first-order chi connectivity index (χ1) is 12.3. The van der Waals surface area contributed by atoms with Crippen LogP contribution in [0.5, 0.6) is 0 Å². The lowest BCUT2D eigenvalue weighted by atomic mass is 10.2. The summed E-state index contributed by atoms with van der Waals surface area (Å²) in [6, 6.07) is 13.4. The van der Waals surface area contributed by atoms with Crippen LogP contribution in [-0.2, 0) is 16.2 Å². The molecule has 4 nitrogen and oxygen atoms in total. The van der Waals surface area contributed by atoms with Crippen LogP contribution in [0.3, 0.4) is 0 Å². The molecule has 136 valence electrons. The maximum Gasteiger partial charge on any atom is 0.417 e. The lowest BCUT2D eigenvalue weighted by Gasteiger charge is -2.12. The van der Waals surface area contributed by atoms with Gasteiger partial charge in [0, 0.05) is 6.21 Å². The fourth-order valence-electron chi connectivity index (χ4n) is 1.97. The summed E-state index contributed by atoms with van der Waals surface area (Å²) in [6.07, 6.45) is 2.94. The lowest BCUT2D eigenvalue weighted by molar-refractivity contribution is -0.139. The molecule has 0 saturated carbocycles. The molecular formula is C18H15F3N2O2S. The molecule has 0 fully saturated rings. The predicted molar refractivity (Wildman–Crippen MR) is 94.9 cm³/mol. The highest BCUT2D eigenvalue weighted by atomic mass is 32.2. The first kappa shape index (κ1) is 19.5. The summed E-state index contributed by atoms with van der Waals surface area (Å²) in [5.41, 5.74) is -0.261. The lowest BCUT2D eigenvalue weighted by Crippen LogP contribution is -2.22. The zero-order valence-electron chi connectivity index (χ0n) is 13.4. The first-order valence-electron chi connectivity index (χ1n) is 7.40. The van der Waals surface area contributed by atoms with Crippen molar-refractivity contribution in [3.63, 3.8) is 0 Å². The van der Waals surface area contributed by atoms with Crippen molar-refractivity contribution >= 4 is 22.3 Å². The van der Waals surface area contributed by atoms with Crippen LogP contribution in [0.1, 0.15) is 11.1 Å². The Morgan fingerprint density at radius 1 is 0.885 bits per heavy atom. The summed E-state index contributed by atoms with van der Waals surface area (Å²) in [6.45, 7) is 0. The number of sulfonamides is 1. The third-order valence-electron chi connectivity index (χ3n) is 3.13. The molecule has 0 unspecified atom stereocenters. The smallest absolute Gasteiger partial charge is 0.200 e. The predicted octanol–water partition coefficient (Wildman–Crippen LogP) is 4.24. The number of hydrogen-bond donors (Lipinski definition) is 1. The minimum absolute atomic E-state index is 0.701. The number of hydrazone groups is 1. The van der Waals surface area contributed by atoms with Gasteiger partial charge < -0.3 is 0 Å². The molecule has 26 heavy (non-hydrogen) atoms. The Balaban J connectivity index is 2.01. The Morgan fingerprint density at radius 2 is 1.54 bits per heavy atom. The number of allylic oxidation sites excluding steroid dienone is 3. The molecule has 1 N–H and O–H groups in total. The summed E-state index contributed by atoms with van der Waals surface area (Å²) < 4.78 is 62.7. The van der Waals surface area contributed by atoms with E-state index in [-0.39, 0.29) is 0 Å². The van der Waals surface area contributed by atoms with Crippen LogP contribution >= 0.6 is 0 Å². The van der Waals surface area contributed by atoms with Crippen LogP contribution in [0.25, 0.3) is 6.08 Å². The molecule has 0 aliphatic heterocycles. The fraction of sp³-hybridized carbons (Fsp3) is 0.0556. The molecule has 0 bridgehead atoms. The van der Waals surface area contributed by atoms with Gasteiger partial charge in [0.2, 0.25) is 0 Å². The normalized spacial score (nSPS) is 13.0. The van der Waals surface area contributed by atoms with E-state index >= 15 is 0 Å². The number of nitrogens with one attached hydrogen (secondary N) is 1. The van der Waals surface area contributed by atoms with Gasteiger partial charge in [-0.05, 0) is 23.8 Å². The molecule has 0 aromatic heterocycles. The van der Waals surface area contributed by atoms with Crippen LogP contribution in [0.2, 0.25) is 0 Å². The van der Waals surface area contributed by atoms with Crippen molar-refractivity contribution < 1.29 is 21.6 Å². The van der Waals surface area contributed by atoms with Crippen molar-refractivity contribution in [2.24, 2.45) is 5.10 Å². The average Bonchev–Trinajstić information content (AvgIpc) is 2.61. The van der Waals surface area contributed by atoms with Gasteiger partial charge in [-0.3, -0.25) is 0 Å². The Hall–Kier alpha value is -2.87. The van der Waals surface area contributed by atoms with E-state index in [9.17, 15) is 21.6 Å². The summed E-state index contributed by atoms with van der Waals surface area (Å²) in [4.78, 5) is 0.885. The Bertz CT molecular complexity index is 919. The zero-order valence-corrected chi connectivity index (χ0v) is 14.2. The monoisotopic (exact) mass is 380 g/mol. The Morgan fingerprint density at radius 3 is 2.23 bits per heavy atom. The molecule has 0 saturated heterocycles. The van der Waals surface area contributed by atoms with Gasteiger partial charge in [-0.25, -0.2) is 4.83 Å². The van der Waals surface area contributed by atoms with Gasteiger partial charge in [0.05, 0.1) is 5.56 Å². The van der Waals surface area contributed by atoms with Crippen molar-refractivity contribution in [1.29, 1.82) is 0 Å². The van der Waals surface area contributed by atoms with Crippen molar-refractivity contribution in [2.75, 3.05) is 0 Å². The van der Waals surface area contributed by atoms with Crippen LogP contribution in [0, 0.1) is 0 Å². The third-order valence-corrected chi connectivity index (χ3v) is 4.41. The number of benzene rings is 2. The quantitative estimate of drug-likeness (QED) is 0.463. The summed E-state index contributed by atoms with van der Waals surface area (Å²) in [7, 11) is -4.43. The molecule has 0 atom stereocenters. The van der Waals surface area contributed by atoms with Crippen LogP contribution < -0.4 is 4.83 Å². The van der Waals surface area contributed by atoms with E-state index in [0.717, 1.165) is 23.9 Å². The highest BCUT2D eigenvalue weighted by Crippen LogP contribution is 2.33. The van der Waals surface area contributed by atoms with Gasteiger partial charge in [0.25, 0.3) is 10.0 Å². The fourth-order valence-corrected chi connectivity index (χ4v) is 3.00. The minimum atomic E-state index is -4.78. The molecule has 0 amide bonds. The van der Waals surface area contributed by atoms with Gasteiger partial charge >= 0.3 is 6.18 Å². The average molecular weight is 380 g/mol. The maximum atomic E-state index is 12.9. The molecule has 0 radical (unpaired) electrons. The second-order valence-electron chi connectivity index (χ2n) is 5.02. The molecule has 0 aliphatic carbocycles. The number of nitrogens with zero attached hydrogens (tertiary/aromatic N) is 1. The molecule has 0 aliphatic rings. The second-order valence-corrected chi connectivity index (χ2v) is 6.65. The highest BCUT2D eigenvalue weighted by Gasteiger charge is 2.36. The zero-order chi connectivity index (χ0) is 19.0. The minimum Gasteiger partial charge on any atom is -0.200 e. The first-order valence-corrected chi connectivity index (χ1v) is 8.88. The van der Waals surface area contributed by atoms with Crippen LogP contribution in [-0.4, -0.2) is 14.6 Å². The van der Waals surface area contributed by atoms with Gasteiger partial charge in [0.15, 0.2) is 0 Å². The third kappa shape index (κ3) is 5.59. The largest absolute Gasteiger partial charge is 0.417 e. The summed E-state index contributed by atoms with van der Waals surface area (Å²) >= 11 is 0. The van der Waals surface area contributed by atoms with E-state index in [1.807, 2.05) is 36.4 Å². The van der Waals surface area contributed by atoms with Crippen molar-refractivity contribution in [1.82, 2.24) is 4.83 Å². The number of alkyl halides is 3. The van der Waals surface area contributed by atoms with Crippen molar-refractivity contribution in [3.8, 4) is 0 Å². The van der Waals surface area contributed by atoms with Gasteiger partial charge in [-0.1, -0.05) is 60.7 Å². The van der Waals surface area contributed by atoms with Crippen molar-refractivity contribution in [3.05, 3.63) is 84.0 Å². The van der Waals surface area contributed by atoms with Gasteiger partial charge in [-0.2, -0.15) is 26.7 Å². The summed E-state index contributed by atoms with van der Waals surface area (Å²) in [5.74, 6) is 0. The molecule has 0 heterocycles. The summed E-state index contributed by atoms with van der Waals surface area (Å²) in [5, 5.41) is 3.44. The standard InChI is InChI=1S/C18H15F3N2O2S/c19-18(20,21)16-12-6-7-13-17(16)26(24,25)23-22-14-8-2-5-11-15-9-3-1-4-10-15/h1-14,23H. The van der Waals surface area contributed by atoms with E-state index in [1.165, 1.54) is 12.1 Å². The number of halogens is 3. The molecule has 8 heteroatoms. The second kappa shape index (κ2) is 8.48. The highest BCUT2D eigenvalue weighted by molar-refractivity contribution is 7.89. The maximum absolute atomic E-state index is 12.9. The van der Waals surface area contributed by atoms with E-state index in [1.54, 1.807) is 17.0 Å². The Kier molecular flexibility index (Phi) is 6.35. The molecule has 2 rings (SSSR count). The molecule has 2 aromatic rings. The van der Waals surface area contributed by atoms with E-state index in [0.29, 0.717) is 6.07 Å². The SMILES string of the molecule is O=S(=O)(NN=CC=CC=Cc1ccccc1)c1ccccc1C(F)(F)F. The van der Waals surface area contributed by atoms with Crippen LogP contribution in [0.4, 0.5) is 13.2 Å². The number of hydrogen-bond acceptors (Lipinski definition) is 3. The van der Waals surface area contributed by atoms with E-state index in [2.05, 4.69) is 5.10 Å². The van der Waals surface area contributed by atoms with E-state index in [4.69, 9.17) is 0 Å². The molecular weight excluding hydrogens is 365 g/mol. The topological polar surface area (TPSA) is 58.5 Å².